The predicted octanol–water partition coefficient (Wildman–Crippen LogP) is 2.40. The van der Waals surface area contributed by atoms with Crippen LogP contribution >= 0.6 is 11.6 Å². The van der Waals surface area contributed by atoms with Gasteiger partial charge in [0.1, 0.15) is 4.90 Å². The number of hydrogen-bond acceptors (Lipinski definition) is 3. The van der Waals surface area contributed by atoms with Crippen molar-refractivity contribution in [2.45, 2.75) is 37.6 Å². The van der Waals surface area contributed by atoms with Crippen LogP contribution in [0.25, 0.3) is 0 Å². The van der Waals surface area contributed by atoms with E-state index in [1.165, 1.54) is 0 Å². The molecule has 0 aliphatic carbocycles. The van der Waals surface area contributed by atoms with Crippen LogP contribution in [0.5, 0.6) is 0 Å². The summed E-state index contributed by atoms with van der Waals surface area (Å²) in [6, 6.07) is 5.03. The molecular formula is C14H21ClN2O2S. The first-order chi connectivity index (χ1) is 9.36. The molecule has 0 spiro atoms. The molecule has 1 aromatic carbocycles. The number of aryl methyl sites for hydroxylation is 1. The van der Waals surface area contributed by atoms with Crippen LogP contribution in [-0.2, 0) is 10.0 Å². The molecule has 1 saturated heterocycles. The summed E-state index contributed by atoms with van der Waals surface area (Å²) in [5.41, 5.74) is 6.64. The number of halogens is 1. The van der Waals surface area contributed by atoms with Crippen LogP contribution in [-0.4, -0.2) is 31.9 Å². The molecule has 4 nitrogen and oxygen atoms in total. The van der Waals surface area contributed by atoms with Crippen LogP contribution in [0, 0.1) is 12.8 Å². The molecular weight excluding hydrogens is 296 g/mol. The molecule has 1 aliphatic heterocycles. The van der Waals surface area contributed by atoms with Crippen molar-refractivity contribution in [1.29, 1.82) is 0 Å². The molecule has 0 amide bonds. The minimum absolute atomic E-state index is 0.0137. The van der Waals surface area contributed by atoms with Crippen molar-refractivity contribution in [1.82, 2.24) is 4.31 Å². The monoisotopic (exact) mass is 316 g/mol. The van der Waals surface area contributed by atoms with Crippen molar-refractivity contribution >= 4 is 21.6 Å². The van der Waals surface area contributed by atoms with E-state index in [2.05, 4.69) is 0 Å². The maximum Gasteiger partial charge on any atom is 0.244 e. The van der Waals surface area contributed by atoms with E-state index in [0.717, 1.165) is 18.4 Å². The van der Waals surface area contributed by atoms with Gasteiger partial charge in [0, 0.05) is 12.6 Å². The van der Waals surface area contributed by atoms with Gasteiger partial charge in [-0.15, -0.1) is 0 Å². The van der Waals surface area contributed by atoms with Gasteiger partial charge in [0.05, 0.1) is 5.02 Å². The molecule has 1 fully saturated rings. The summed E-state index contributed by atoms with van der Waals surface area (Å²) in [6.45, 7) is 4.81. The number of piperidine rings is 1. The summed E-state index contributed by atoms with van der Waals surface area (Å²) in [5.74, 6) is 0.227. The largest absolute Gasteiger partial charge is 0.330 e. The van der Waals surface area contributed by atoms with Crippen LogP contribution in [0.3, 0.4) is 0 Å². The fourth-order valence-electron chi connectivity index (χ4n) is 2.62. The van der Waals surface area contributed by atoms with Crippen LogP contribution in [0.2, 0.25) is 5.02 Å². The van der Waals surface area contributed by atoms with Crippen molar-refractivity contribution in [2.75, 3.05) is 13.1 Å². The molecule has 0 radical (unpaired) electrons. The molecule has 1 aliphatic rings. The summed E-state index contributed by atoms with van der Waals surface area (Å²) in [6.07, 6.45) is 1.82. The third-order valence-corrected chi connectivity index (χ3v) is 6.39. The first-order valence-electron chi connectivity index (χ1n) is 6.84. The Hall–Kier alpha value is -0.620. The van der Waals surface area contributed by atoms with Crippen LogP contribution in [0.4, 0.5) is 0 Å². The number of benzene rings is 1. The van der Waals surface area contributed by atoms with Crippen molar-refractivity contribution in [3.05, 3.63) is 28.8 Å². The molecule has 6 heteroatoms. The van der Waals surface area contributed by atoms with E-state index in [-0.39, 0.29) is 21.9 Å². The first-order valence-corrected chi connectivity index (χ1v) is 8.66. The zero-order chi connectivity index (χ0) is 14.9. The van der Waals surface area contributed by atoms with Crippen LogP contribution < -0.4 is 5.73 Å². The second kappa shape index (κ2) is 6.02. The van der Waals surface area contributed by atoms with Gasteiger partial charge in [-0.1, -0.05) is 17.7 Å². The Morgan fingerprint density at radius 1 is 1.40 bits per heavy atom. The average Bonchev–Trinajstić information content (AvgIpc) is 2.38. The van der Waals surface area contributed by atoms with E-state index in [0.29, 0.717) is 13.1 Å². The van der Waals surface area contributed by atoms with E-state index in [9.17, 15) is 8.42 Å². The van der Waals surface area contributed by atoms with E-state index in [1.54, 1.807) is 22.5 Å². The molecule has 2 N–H and O–H groups in total. The standard InChI is InChI=1S/C14H21ClN2O2S/c1-10-3-6-14(13(15)7-10)20(18,19)17-9-12(8-16)5-4-11(17)2/h3,6-7,11-12H,4-5,8-9,16H2,1-2H3. The highest BCUT2D eigenvalue weighted by Gasteiger charge is 2.35. The quantitative estimate of drug-likeness (QED) is 0.931. The maximum atomic E-state index is 12.8. The van der Waals surface area contributed by atoms with Crippen molar-refractivity contribution < 1.29 is 8.42 Å². The lowest BCUT2D eigenvalue weighted by Gasteiger charge is -2.36. The van der Waals surface area contributed by atoms with Crippen molar-refractivity contribution in [3.63, 3.8) is 0 Å². The lowest BCUT2D eigenvalue weighted by molar-refractivity contribution is 0.211. The van der Waals surface area contributed by atoms with Crippen molar-refractivity contribution in [2.24, 2.45) is 11.7 Å². The number of nitrogens with two attached hydrogens (primary N) is 1. The second-order valence-electron chi connectivity index (χ2n) is 5.54. The second-order valence-corrected chi connectivity index (χ2v) is 7.80. The Balaban J connectivity index is 2.38. The number of nitrogens with zero attached hydrogens (tertiary/aromatic N) is 1. The van der Waals surface area contributed by atoms with Crippen molar-refractivity contribution in [3.8, 4) is 0 Å². The summed E-state index contributed by atoms with van der Waals surface area (Å²) in [4.78, 5) is 0.189. The molecule has 112 valence electrons. The molecule has 2 unspecified atom stereocenters. The minimum Gasteiger partial charge on any atom is -0.330 e. The number of sulfonamides is 1. The maximum absolute atomic E-state index is 12.8. The van der Waals surface area contributed by atoms with Gasteiger partial charge in [-0.05, 0) is 56.8 Å². The molecule has 1 heterocycles. The fourth-order valence-corrected chi connectivity index (χ4v) is 4.93. The fraction of sp³-hybridized carbons (Fsp3) is 0.571. The predicted molar refractivity (Wildman–Crippen MR) is 81.3 cm³/mol. The Morgan fingerprint density at radius 2 is 2.10 bits per heavy atom. The van der Waals surface area contributed by atoms with Crippen LogP contribution in [0.1, 0.15) is 25.3 Å². The smallest absolute Gasteiger partial charge is 0.244 e. The minimum atomic E-state index is -3.56. The van der Waals surface area contributed by atoms with E-state index < -0.39 is 10.0 Å². The normalized spacial score (nSPS) is 24.8. The van der Waals surface area contributed by atoms with Gasteiger partial charge in [0.2, 0.25) is 10.0 Å². The summed E-state index contributed by atoms with van der Waals surface area (Å²) in [5, 5.41) is 0.284. The highest BCUT2D eigenvalue weighted by Crippen LogP contribution is 2.31. The van der Waals surface area contributed by atoms with E-state index >= 15 is 0 Å². The first kappa shape index (κ1) is 15.8. The molecule has 2 rings (SSSR count). The zero-order valence-corrected chi connectivity index (χ0v) is 13.4. The highest BCUT2D eigenvalue weighted by molar-refractivity contribution is 7.89. The molecule has 20 heavy (non-hydrogen) atoms. The van der Waals surface area contributed by atoms with E-state index in [1.807, 2.05) is 13.8 Å². The third kappa shape index (κ3) is 3.01. The van der Waals surface area contributed by atoms with Gasteiger partial charge in [0.25, 0.3) is 0 Å². The topological polar surface area (TPSA) is 63.4 Å². The summed E-state index contributed by atoms with van der Waals surface area (Å²) >= 11 is 6.12. The lowest BCUT2D eigenvalue weighted by Crippen LogP contribution is -2.47. The zero-order valence-electron chi connectivity index (χ0n) is 11.8. The average molecular weight is 317 g/mol. The van der Waals surface area contributed by atoms with Gasteiger partial charge in [-0.3, -0.25) is 0 Å². The number of rotatable bonds is 3. The molecule has 0 bridgehead atoms. The van der Waals surface area contributed by atoms with Gasteiger partial charge < -0.3 is 5.73 Å². The Labute approximate surface area is 126 Å². The van der Waals surface area contributed by atoms with Gasteiger partial charge in [-0.2, -0.15) is 4.31 Å². The van der Waals surface area contributed by atoms with Crippen LogP contribution in [0.15, 0.2) is 23.1 Å². The Morgan fingerprint density at radius 3 is 2.70 bits per heavy atom. The lowest BCUT2D eigenvalue weighted by atomic mass is 9.96. The van der Waals surface area contributed by atoms with E-state index in [4.69, 9.17) is 17.3 Å². The molecule has 0 saturated carbocycles. The molecule has 1 aromatic rings. The SMILES string of the molecule is Cc1ccc(S(=O)(=O)N2CC(CN)CCC2C)c(Cl)c1. The molecule has 0 aromatic heterocycles. The summed E-state index contributed by atoms with van der Waals surface area (Å²) in [7, 11) is -3.56. The summed E-state index contributed by atoms with van der Waals surface area (Å²) < 4.78 is 27.1. The Kier molecular flexibility index (Phi) is 4.74. The number of hydrogen-bond donors (Lipinski definition) is 1. The van der Waals surface area contributed by atoms with Gasteiger partial charge in [0.15, 0.2) is 0 Å². The highest BCUT2D eigenvalue weighted by atomic mass is 35.5. The van der Waals surface area contributed by atoms with Gasteiger partial charge >= 0.3 is 0 Å². The Bertz CT molecular complexity index is 589. The third-order valence-electron chi connectivity index (χ3n) is 3.93. The van der Waals surface area contributed by atoms with Gasteiger partial charge in [-0.25, -0.2) is 8.42 Å². The molecule has 2 atom stereocenters.